The van der Waals surface area contributed by atoms with Gasteiger partial charge in [-0.05, 0) is 63.1 Å². The molecule has 2 nitrogen and oxygen atoms in total. The van der Waals surface area contributed by atoms with Gasteiger partial charge in [-0.2, -0.15) is 0 Å². The normalized spacial score (nSPS) is 19.7. The van der Waals surface area contributed by atoms with E-state index in [0.717, 1.165) is 18.4 Å². The van der Waals surface area contributed by atoms with Crippen LogP contribution in [-0.4, -0.2) is 11.1 Å². The zero-order valence-electron chi connectivity index (χ0n) is 18.0. The number of aryl methyl sites for hydroxylation is 1. The highest BCUT2D eigenvalue weighted by Gasteiger charge is 2.48. The number of aromatic carboxylic acids is 1. The summed E-state index contributed by atoms with van der Waals surface area (Å²) in [4.78, 5) is 11.0. The smallest absolute Gasteiger partial charge is 0.335 e. The minimum atomic E-state index is -0.890. The first-order valence-electron chi connectivity index (χ1n) is 10.3. The van der Waals surface area contributed by atoms with Gasteiger partial charge in [0.05, 0.1) is 5.56 Å². The van der Waals surface area contributed by atoms with Gasteiger partial charge < -0.3 is 5.11 Å². The average Bonchev–Trinajstić information content (AvgIpc) is 2.78. The molecule has 0 saturated carbocycles. The zero-order valence-corrected chi connectivity index (χ0v) is 18.0. The van der Waals surface area contributed by atoms with E-state index in [0.29, 0.717) is 11.5 Å². The minimum absolute atomic E-state index is 0.148. The quantitative estimate of drug-likeness (QED) is 0.589. The summed E-state index contributed by atoms with van der Waals surface area (Å²) >= 11 is 0. The number of rotatable bonds is 5. The predicted molar refractivity (Wildman–Crippen MR) is 118 cm³/mol. The number of fused-ring (bicyclic) bond motifs is 1. The molecule has 0 radical (unpaired) electrons. The molecule has 1 atom stereocenters. The van der Waals surface area contributed by atoms with Crippen LogP contribution in [0.1, 0.15) is 86.1 Å². The molecule has 3 rings (SSSR count). The van der Waals surface area contributed by atoms with Gasteiger partial charge in [0.2, 0.25) is 0 Å². The Morgan fingerprint density at radius 1 is 1.00 bits per heavy atom. The van der Waals surface area contributed by atoms with E-state index in [2.05, 4.69) is 65.8 Å². The van der Waals surface area contributed by atoms with Gasteiger partial charge in [0, 0.05) is 0 Å². The molecular weight excluding hydrogens is 344 g/mol. The number of hydrogen-bond donors (Lipinski definition) is 1. The highest BCUT2D eigenvalue weighted by Crippen LogP contribution is 2.54. The van der Waals surface area contributed by atoms with Crippen molar-refractivity contribution in [2.45, 2.75) is 65.2 Å². The van der Waals surface area contributed by atoms with Gasteiger partial charge in [-0.1, -0.05) is 84.4 Å². The molecule has 2 heteroatoms. The van der Waals surface area contributed by atoms with E-state index in [1.807, 2.05) is 12.1 Å². The van der Waals surface area contributed by atoms with E-state index in [4.69, 9.17) is 5.11 Å². The Balaban J connectivity index is 2.04. The van der Waals surface area contributed by atoms with Gasteiger partial charge >= 0.3 is 5.97 Å². The van der Waals surface area contributed by atoms with Crippen molar-refractivity contribution in [3.05, 3.63) is 69.8 Å². The van der Waals surface area contributed by atoms with Crippen LogP contribution in [0.2, 0.25) is 0 Å². The molecule has 1 N–H and O–H groups in total. The summed E-state index contributed by atoms with van der Waals surface area (Å²) in [7, 11) is 0. The topological polar surface area (TPSA) is 37.3 Å². The summed E-state index contributed by atoms with van der Waals surface area (Å²) in [6.07, 6.45) is 6.46. The van der Waals surface area contributed by atoms with Crippen molar-refractivity contribution in [1.82, 2.24) is 0 Å². The van der Waals surface area contributed by atoms with Crippen molar-refractivity contribution in [3.63, 3.8) is 0 Å². The summed E-state index contributed by atoms with van der Waals surface area (Å²) in [5.41, 5.74) is 7.30. The van der Waals surface area contributed by atoms with Gasteiger partial charge in [-0.15, -0.1) is 0 Å². The Bertz CT molecular complexity index is 914. The molecular formula is C26H32O2. The summed E-state index contributed by atoms with van der Waals surface area (Å²) in [5.74, 6) is -0.314. The van der Waals surface area contributed by atoms with E-state index in [1.54, 1.807) is 12.1 Å². The van der Waals surface area contributed by atoms with Crippen molar-refractivity contribution in [1.29, 1.82) is 0 Å². The lowest BCUT2D eigenvalue weighted by atomic mass is 9.71. The van der Waals surface area contributed by atoms with E-state index in [1.165, 1.54) is 22.3 Å². The van der Waals surface area contributed by atoms with E-state index in [9.17, 15) is 4.79 Å². The van der Waals surface area contributed by atoms with E-state index < -0.39 is 5.97 Å². The van der Waals surface area contributed by atoms with Crippen LogP contribution in [0.25, 0.3) is 12.2 Å². The SMILES string of the molecule is CCCc1cc2c(cc1C=Cc1ccc(C(=O)O)cc1)C(C)(C)C(C)C2(C)C. The molecule has 1 aliphatic carbocycles. The van der Waals surface area contributed by atoms with Crippen LogP contribution in [0.3, 0.4) is 0 Å². The van der Waals surface area contributed by atoms with Crippen molar-refractivity contribution in [2.24, 2.45) is 5.92 Å². The molecule has 0 aromatic heterocycles. The van der Waals surface area contributed by atoms with Crippen molar-refractivity contribution in [2.75, 3.05) is 0 Å². The molecule has 1 unspecified atom stereocenters. The monoisotopic (exact) mass is 376 g/mol. The summed E-state index contributed by atoms with van der Waals surface area (Å²) < 4.78 is 0. The van der Waals surface area contributed by atoms with Crippen LogP contribution in [0, 0.1) is 5.92 Å². The highest BCUT2D eigenvalue weighted by molar-refractivity contribution is 5.88. The van der Waals surface area contributed by atoms with Crippen molar-refractivity contribution < 1.29 is 9.90 Å². The third-order valence-corrected chi connectivity index (χ3v) is 6.97. The molecule has 2 aromatic carbocycles. The third-order valence-electron chi connectivity index (χ3n) is 6.97. The minimum Gasteiger partial charge on any atom is -0.478 e. The number of carboxylic acids is 1. The summed E-state index contributed by atoms with van der Waals surface area (Å²) in [6.45, 7) is 14.1. The van der Waals surface area contributed by atoms with Gasteiger partial charge in [0.1, 0.15) is 0 Å². The molecule has 0 bridgehead atoms. The van der Waals surface area contributed by atoms with Gasteiger partial charge in [-0.25, -0.2) is 4.79 Å². The molecule has 2 aromatic rings. The second-order valence-electron chi connectivity index (χ2n) is 9.27. The fraction of sp³-hybridized carbons (Fsp3) is 0.423. The number of carbonyl (C=O) groups is 1. The molecule has 0 spiro atoms. The number of carboxylic acid groups (broad SMARTS) is 1. The van der Waals surface area contributed by atoms with Crippen LogP contribution in [0.15, 0.2) is 36.4 Å². The zero-order chi connectivity index (χ0) is 20.7. The Labute approximate surface area is 169 Å². The highest BCUT2D eigenvalue weighted by atomic mass is 16.4. The van der Waals surface area contributed by atoms with Gasteiger partial charge in [-0.3, -0.25) is 0 Å². The van der Waals surface area contributed by atoms with Crippen molar-refractivity contribution >= 4 is 18.1 Å². The molecule has 28 heavy (non-hydrogen) atoms. The molecule has 0 fully saturated rings. The molecule has 0 amide bonds. The number of hydrogen-bond acceptors (Lipinski definition) is 1. The lowest BCUT2D eigenvalue weighted by Crippen LogP contribution is -2.30. The molecule has 0 aliphatic heterocycles. The first-order chi connectivity index (χ1) is 13.1. The van der Waals surface area contributed by atoms with Crippen LogP contribution >= 0.6 is 0 Å². The van der Waals surface area contributed by atoms with E-state index in [-0.39, 0.29) is 10.8 Å². The number of benzene rings is 2. The summed E-state index contributed by atoms with van der Waals surface area (Å²) in [6, 6.07) is 11.9. The van der Waals surface area contributed by atoms with Crippen LogP contribution in [0.4, 0.5) is 0 Å². The van der Waals surface area contributed by atoms with E-state index >= 15 is 0 Å². The Morgan fingerprint density at radius 3 is 2.11 bits per heavy atom. The maximum absolute atomic E-state index is 11.0. The second-order valence-corrected chi connectivity index (χ2v) is 9.27. The fourth-order valence-corrected chi connectivity index (χ4v) is 4.66. The Kier molecular flexibility index (Phi) is 5.27. The van der Waals surface area contributed by atoms with Crippen LogP contribution in [-0.2, 0) is 17.3 Å². The standard InChI is InChI=1S/C26H32O2/c1-7-8-20-15-22-23(26(5,6)17(2)25(22,3)4)16-21(20)14-11-18-9-12-19(13-10-18)24(27)28/h9-17H,7-8H2,1-6H3,(H,27,28). The maximum Gasteiger partial charge on any atom is 0.335 e. The molecule has 0 saturated heterocycles. The lowest BCUT2D eigenvalue weighted by molar-refractivity contribution is 0.0697. The first kappa shape index (κ1) is 20.4. The van der Waals surface area contributed by atoms with Crippen molar-refractivity contribution in [3.8, 4) is 0 Å². The maximum atomic E-state index is 11.0. The average molecular weight is 377 g/mol. The Morgan fingerprint density at radius 2 is 1.57 bits per heavy atom. The first-order valence-corrected chi connectivity index (χ1v) is 10.3. The summed E-state index contributed by atoms with van der Waals surface area (Å²) in [5, 5.41) is 9.06. The Hall–Kier alpha value is -2.35. The third kappa shape index (κ3) is 3.41. The predicted octanol–water partition coefficient (Wildman–Crippen LogP) is 6.71. The lowest BCUT2D eigenvalue weighted by Gasteiger charge is -2.32. The molecule has 0 heterocycles. The van der Waals surface area contributed by atoms with Crippen LogP contribution < -0.4 is 0 Å². The van der Waals surface area contributed by atoms with Crippen LogP contribution in [0.5, 0.6) is 0 Å². The van der Waals surface area contributed by atoms with Gasteiger partial charge in [0.25, 0.3) is 0 Å². The molecule has 148 valence electrons. The molecule has 1 aliphatic rings. The fourth-order valence-electron chi connectivity index (χ4n) is 4.66. The second kappa shape index (κ2) is 7.24. The largest absolute Gasteiger partial charge is 0.478 e. The van der Waals surface area contributed by atoms with Gasteiger partial charge in [0.15, 0.2) is 0 Å².